The molecule has 0 saturated carbocycles. The Labute approximate surface area is 97.2 Å². The van der Waals surface area contributed by atoms with Gasteiger partial charge in [0.1, 0.15) is 6.10 Å². The zero-order valence-corrected chi connectivity index (χ0v) is 10.4. The molecule has 3 nitrogen and oxygen atoms in total. The number of nitrogens with zero attached hydrogens (tertiary/aromatic N) is 1. The van der Waals surface area contributed by atoms with Crippen LogP contribution in [0.25, 0.3) is 0 Å². The van der Waals surface area contributed by atoms with Crippen molar-refractivity contribution in [1.82, 2.24) is 0 Å². The third-order valence-electron chi connectivity index (χ3n) is 3.05. The first-order chi connectivity index (χ1) is 7.49. The lowest BCUT2D eigenvalue weighted by Crippen LogP contribution is -2.36. The summed E-state index contributed by atoms with van der Waals surface area (Å²) in [6.07, 6.45) is 0.199. The molecule has 1 heterocycles. The first kappa shape index (κ1) is 11.1. The van der Waals surface area contributed by atoms with Crippen molar-refractivity contribution in [3.63, 3.8) is 0 Å². The summed E-state index contributed by atoms with van der Waals surface area (Å²) in [4.78, 5) is 2.21. The van der Waals surface area contributed by atoms with Gasteiger partial charge in [0.15, 0.2) is 5.75 Å². The number of hydrogen-bond donors (Lipinski definition) is 1. The van der Waals surface area contributed by atoms with Crippen LogP contribution in [0.15, 0.2) is 12.1 Å². The van der Waals surface area contributed by atoms with Crippen LogP contribution < -0.4 is 15.4 Å². The van der Waals surface area contributed by atoms with Gasteiger partial charge in [-0.1, -0.05) is 13.8 Å². The SMILES string of the molecule is CC1CN(C)c2cc(C(C)C)cc(N)c2O1. The van der Waals surface area contributed by atoms with Gasteiger partial charge in [-0.15, -0.1) is 0 Å². The highest BCUT2D eigenvalue weighted by Crippen LogP contribution is 2.40. The van der Waals surface area contributed by atoms with E-state index in [4.69, 9.17) is 10.5 Å². The van der Waals surface area contributed by atoms with Gasteiger partial charge in [-0.3, -0.25) is 0 Å². The van der Waals surface area contributed by atoms with Gasteiger partial charge in [0, 0.05) is 7.05 Å². The molecule has 0 fully saturated rings. The number of hydrogen-bond acceptors (Lipinski definition) is 3. The van der Waals surface area contributed by atoms with Crippen molar-refractivity contribution >= 4 is 11.4 Å². The largest absolute Gasteiger partial charge is 0.485 e. The van der Waals surface area contributed by atoms with Crippen LogP contribution in [0.3, 0.4) is 0 Å². The van der Waals surface area contributed by atoms with Gasteiger partial charge in [-0.25, -0.2) is 0 Å². The van der Waals surface area contributed by atoms with E-state index in [9.17, 15) is 0 Å². The molecule has 2 rings (SSSR count). The Balaban J connectivity index is 2.50. The van der Waals surface area contributed by atoms with E-state index in [1.54, 1.807) is 0 Å². The van der Waals surface area contributed by atoms with Crippen molar-refractivity contribution in [3.05, 3.63) is 17.7 Å². The van der Waals surface area contributed by atoms with Crippen molar-refractivity contribution in [2.75, 3.05) is 24.2 Å². The molecule has 1 aromatic carbocycles. The molecule has 1 unspecified atom stereocenters. The second-order valence-corrected chi connectivity index (χ2v) is 4.92. The Bertz CT molecular complexity index is 401. The summed E-state index contributed by atoms with van der Waals surface area (Å²) in [6.45, 7) is 7.32. The lowest BCUT2D eigenvalue weighted by molar-refractivity contribution is 0.216. The van der Waals surface area contributed by atoms with Crippen molar-refractivity contribution < 1.29 is 4.74 Å². The van der Waals surface area contributed by atoms with Crippen LogP contribution in [0, 0.1) is 0 Å². The lowest BCUT2D eigenvalue weighted by Gasteiger charge is -2.33. The molecule has 88 valence electrons. The molecule has 0 bridgehead atoms. The summed E-state index contributed by atoms with van der Waals surface area (Å²) < 4.78 is 5.80. The number of anilines is 2. The minimum atomic E-state index is 0.199. The van der Waals surface area contributed by atoms with Crippen LogP contribution >= 0.6 is 0 Å². The minimum Gasteiger partial charge on any atom is -0.485 e. The van der Waals surface area contributed by atoms with E-state index < -0.39 is 0 Å². The smallest absolute Gasteiger partial charge is 0.165 e. The van der Waals surface area contributed by atoms with Gasteiger partial charge >= 0.3 is 0 Å². The molecule has 0 aromatic heterocycles. The van der Waals surface area contributed by atoms with Crippen molar-refractivity contribution in [3.8, 4) is 5.75 Å². The second-order valence-electron chi connectivity index (χ2n) is 4.92. The van der Waals surface area contributed by atoms with E-state index in [-0.39, 0.29) is 6.10 Å². The molecule has 0 amide bonds. The van der Waals surface area contributed by atoms with Crippen LogP contribution in [-0.4, -0.2) is 19.7 Å². The zero-order valence-electron chi connectivity index (χ0n) is 10.4. The minimum absolute atomic E-state index is 0.199. The Kier molecular flexibility index (Phi) is 2.70. The van der Waals surface area contributed by atoms with Gasteiger partial charge < -0.3 is 15.4 Å². The van der Waals surface area contributed by atoms with Gasteiger partial charge in [0.25, 0.3) is 0 Å². The Morgan fingerprint density at radius 3 is 2.75 bits per heavy atom. The van der Waals surface area contributed by atoms with Gasteiger partial charge in [-0.05, 0) is 30.5 Å². The number of fused-ring (bicyclic) bond motifs is 1. The Hall–Kier alpha value is -1.38. The predicted octanol–water partition coefficient (Wildman–Crippen LogP) is 2.61. The fraction of sp³-hybridized carbons (Fsp3) is 0.538. The molecule has 16 heavy (non-hydrogen) atoms. The van der Waals surface area contributed by atoms with Crippen LogP contribution in [0.2, 0.25) is 0 Å². The monoisotopic (exact) mass is 220 g/mol. The summed E-state index contributed by atoms with van der Waals surface area (Å²) in [5, 5.41) is 0. The summed E-state index contributed by atoms with van der Waals surface area (Å²) >= 11 is 0. The number of nitrogens with two attached hydrogens (primary N) is 1. The third kappa shape index (κ3) is 1.82. The molecule has 2 N–H and O–H groups in total. The second kappa shape index (κ2) is 3.89. The molecule has 0 aliphatic carbocycles. The normalized spacial score (nSPS) is 19.6. The zero-order chi connectivity index (χ0) is 11.9. The topological polar surface area (TPSA) is 38.5 Å². The molecule has 1 aliphatic heterocycles. The lowest BCUT2D eigenvalue weighted by atomic mass is 10.0. The van der Waals surface area contributed by atoms with E-state index in [1.807, 2.05) is 6.07 Å². The maximum absolute atomic E-state index is 6.05. The molecule has 1 aromatic rings. The van der Waals surface area contributed by atoms with Crippen LogP contribution in [-0.2, 0) is 0 Å². The quantitative estimate of drug-likeness (QED) is 0.739. The average molecular weight is 220 g/mol. The summed E-state index contributed by atoms with van der Waals surface area (Å²) in [5.41, 5.74) is 9.18. The fourth-order valence-electron chi connectivity index (χ4n) is 2.13. The summed E-state index contributed by atoms with van der Waals surface area (Å²) in [7, 11) is 2.08. The number of benzene rings is 1. The highest BCUT2D eigenvalue weighted by atomic mass is 16.5. The molecule has 0 saturated heterocycles. The molecule has 3 heteroatoms. The Morgan fingerprint density at radius 1 is 1.44 bits per heavy atom. The van der Waals surface area contributed by atoms with Gasteiger partial charge in [-0.2, -0.15) is 0 Å². The molecule has 0 radical (unpaired) electrons. The molecule has 1 aliphatic rings. The van der Waals surface area contributed by atoms with E-state index in [0.29, 0.717) is 5.92 Å². The third-order valence-corrected chi connectivity index (χ3v) is 3.05. The molecule has 1 atom stereocenters. The highest BCUT2D eigenvalue weighted by Gasteiger charge is 2.23. The average Bonchev–Trinajstić information content (AvgIpc) is 2.19. The summed E-state index contributed by atoms with van der Waals surface area (Å²) in [5.74, 6) is 1.32. The van der Waals surface area contributed by atoms with Crippen LogP contribution in [0.5, 0.6) is 5.75 Å². The van der Waals surface area contributed by atoms with Crippen molar-refractivity contribution in [2.24, 2.45) is 0 Å². The van der Waals surface area contributed by atoms with Gasteiger partial charge in [0.05, 0.1) is 17.9 Å². The first-order valence-corrected chi connectivity index (χ1v) is 5.80. The maximum atomic E-state index is 6.05. The van der Waals surface area contributed by atoms with Crippen molar-refractivity contribution in [2.45, 2.75) is 32.8 Å². The number of likely N-dealkylation sites (N-methyl/N-ethyl adjacent to an activating group) is 1. The molecular weight excluding hydrogens is 200 g/mol. The number of rotatable bonds is 1. The fourth-order valence-corrected chi connectivity index (χ4v) is 2.13. The maximum Gasteiger partial charge on any atom is 0.165 e. The van der Waals surface area contributed by atoms with Crippen molar-refractivity contribution in [1.29, 1.82) is 0 Å². The first-order valence-electron chi connectivity index (χ1n) is 5.80. The van der Waals surface area contributed by atoms with E-state index in [2.05, 4.69) is 38.8 Å². The van der Waals surface area contributed by atoms with E-state index in [1.165, 1.54) is 5.56 Å². The summed E-state index contributed by atoms with van der Waals surface area (Å²) in [6, 6.07) is 4.21. The molecular formula is C13H20N2O. The Morgan fingerprint density at radius 2 is 2.12 bits per heavy atom. The van der Waals surface area contributed by atoms with E-state index >= 15 is 0 Å². The highest BCUT2D eigenvalue weighted by molar-refractivity contribution is 5.73. The number of nitrogen functional groups attached to an aromatic ring is 1. The molecule has 0 spiro atoms. The standard InChI is InChI=1S/C13H20N2O/c1-8(2)10-5-11(14)13-12(6-10)15(4)7-9(3)16-13/h5-6,8-9H,7,14H2,1-4H3. The number of ether oxygens (including phenoxy) is 1. The van der Waals surface area contributed by atoms with Crippen LogP contribution in [0.4, 0.5) is 11.4 Å². The van der Waals surface area contributed by atoms with Gasteiger partial charge in [0.2, 0.25) is 0 Å². The predicted molar refractivity (Wildman–Crippen MR) is 68.3 cm³/mol. The van der Waals surface area contributed by atoms with Crippen LogP contribution in [0.1, 0.15) is 32.3 Å². The van der Waals surface area contributed by atoms with E-state index in [0.717, 1.165) is 23.7 Å².